The molecule has 1 aliphatic heterocycles. The molecule has 0 N–H and O–H groups in total. The molecule has 0 saturated heterocycles. The third kappa shape index (κ3) is 2.07. The number of hydrogen-bond acceptors (Lipinski definition) is 2. The van der Waals surface area contributed by atoms with Crippen LogP contribution < -0.4 is 4.74 Å². The summed E-state index contributed by atoms with van der Waals surface area (Å²) in [5.74, 6) is 1.71. The molecule has 0 unspecified atom stereocenters. The molecule has 2 nitrogen and oxygen atoms in total. The second-order valence-corrected chi connectivity index (χ2v) is 4.25. The lowest BCUT2D eigenvalue weighted by molar-refractivity contribution is 0.188. The third-order valence-corrected chi connectivity index (χ3v) is 2.58. The maximum absolute atomic E-state index is 5.71. The van der Waals surface area contributed by atoms with Gasteiger partial charge in [-0.15, -0.1) is 0 Å². The number of fused-ring (bicyclic) bond motifs is 1. The number of ether oxygens (including phenoxy) is 1. The Bertz CT molecular complexity index is 309. The first-order chi connectivity index (χ1) is 6.75. The lowest BCUT2D eigenvalue weighted by atomic mass is 9.96. The minimum Gasteiger partial charge on any atom is -0.493 e. The van der Waals surface area contributed by atoms with Gasteiger partial charge in [-0.3, -0.25) is 0 Å². The second-order valence-electron chi connectivity index (χ2n) is 4.25. The normalized spacial score (nSPS) is 20.4. The van der Waals surface area contributed by atoms with Gasteiger partial charge in [0, 0.05) is 12.5 Å². The van der Waals surface area contributed by atoms with Crippen molar-refractivity contribution in [1.82, 2.24) is 4.90 Å². The quantitative estimate of drug-likeness (QED) is 0.706. The van der Waals surface area contributed by atoms with Gasteiger partial charge in [-0.1, -0.05) is 18.2 Å². The van der Waals surface area contributed by atoms with Crippen molar-refractivity contribution < 1.29 is 4.74 Å². The molecule has 0 saturated carbocycles. The Morgan fingerprint density at radius 2 is 2.14 bits per heavy atom. The monoisotopic (exact) mass is 191 g/mol. The molecule has 0 aliphatic carbocycles. The van der Waals surface area contributed by atoms with Gasteiger partial charge in [-0.25, -0.2) is 0 Å². The average molecular weight is 191 g/mol. The van der Waals surface area contributed by atoms with E-state index in [-0.39, 0.29) is 0 Å². The van der Waals surface area contributed by atoms with Gasteiger partial charge in [0.25, 0.3) is 0 Å². The molecule has 1 heterocycles. The van der Waals surface area contributed by atoms with Crippen molar-refractivity contribution in [3.63, 3.8) is 0 Å². The Kier molecular flexibility index (Phi) is 2.73. The third-order valence-electron chi connectivity index (χ3n) is 2.58. The van der Waals surface area contributed by atoms with E-state index in [9.17, 15) is 0 Å². The van der Waals surface area contributed by atoms with E-state index >= 15 is 0 Å². The first-order valence-corrected chi connectivity index (χ1v) is 5.11. The number of rotatable bonds is 2. The van der Waals surface area contributed by atoms with Crippen LogP contribution in [0.5, 0.6) is 5.75 Å². The Morgan fingerprint density at radius 1 is 1.36 bits per heavy atom. The molecule has 0 aromatic heterocycles. The molecule has 0 amide bonds. The molecule has 1 atom stereocenters. The lowest BCUT2D eigenvalue weighted by Gasteiger charge is -2.27. The summed E-state index contributed by atoms with van der Waals surface area (Å²) in [7, 11) is 4.22. The molecular formula is C12H17NO. The van der Waals surface area contributed by atoms with E-state index in [0.717, 1.165) is 25.3 Å². The molecule has 0 fully saturated rings. The van der Waals surface area contributed by atoms with E-state index in [1.54, 1.807) is 0 Å². The number of hydrogen-bond donors (Lipinski definition) is 0. The van der Waals surface area contributed by atoms with E-state index in [2.05, 4.69) is 37.2 Å². The van der Waals surface area contributed by atoms with E-state index in [1.165, 1.54) is 5.56 Å². The van der Waals surface area contributed by atoms with Crippen molar-refractivity contribution in [2.45, 2.75) is 6.42 Å². The van der Waals surface area contributed by atoms with Crippen molar-refractivity contribution in [2.75, 3.05) is 27.2 Å². The smallest absolute Gasteiger partial charge is 0.122 e. The molecule has 2 heteroatoms. The highest BCUT2D eigenvalue weighted by Crippen LogP contribution is 2.26. The van der Waals surface area contributed by atoms with Crippen LogP contribution in [0.3, 0.4) is 0 Å². The predicted octanol–water partition coefficient (Wildman–Crippen LogP) is 1.80. The van der Waals surface area contributed by atoms with Gasteiger partial charge in [0.1, 0.15) is 5.75 Å². The van der Waals surface area contributed by atoms with E-state index in [1.807, 2.05) is 6.07 Å². The molecule has 76 valence electrons. The molecule has 2 rings (SSSR count). The largest absolute Gasteiger partial charge is 0.493 e. The summed E-state index contributed by atoms with van der Waals surface area (Å²) < 4.78 is 5.71. The van der Waals surface area contributed by atoms with Crippen LogP contribution in [0, 0.1) is 5.92 Å². The molecule has 0 bridgehead atoms. The fourth-order valence-corrected chi connectivity index (χ4v) is 2.02. The Hall–Kier alpha value is -1.02. The van der Waals surface area contributed by atoms with Gasteiger partial charge in [0.2, 0.25) is 0 Å². The van der Waals surface area contributed by atoms with Crippen LogP contribution in [0.1, 0.15) is 5.56 Å². The average Bonchev–Trinajstić information content (AvgIpc) is 2.17. The highest BCUT2D eigenvalue weighted by atomic mass is 16.5. The minimum absolute atomic E-state index is 0.639. The van der Waals surface area contributed by atoms with Crippen molar-refractivity contribution >= 4 is 0 Å². The van der Waals surface area contributed by atoms with Crippen LogP contribution in [0.25, 0.3) is 0 Å². The van der Waals surface area contributed by atoms with Crippen LogP contribution in [0.2, 0.25) is 0 Å². The molecule has 0 radical (unpaired) electrons. The van der Waals surface area contributed by atoms with Crippen LogP contribution in [-0.4, -0.2) is 32.1 Å². The van der Waals surface area contributed by atoms with Gasteiger partial charge < -0.3 is 9.64 Å². The summed E-state index contributed by atoms with van der Waals surface area (Å²) in [6, 6.07) is 8.34. The summed E-state index contributed by atoms with van der Waals surface area (Å²) in [6.45, 7) is 1.96. The second kappa shape index (κ2) is 4.01. The molecule has 1 aliphatic rings. The Labute approximate surface area is 85.5 Å². The fourth-order valence-electron chi connectivity index (χ4n) is 2.02. The zero-order valence-electron chi connectivity index (χ0n) is 8.86. The van der Waals surface area contributed by atoms with Crippen molar-refractivity contribution in [3.05, 3.63) is 29.8 Å². The predicted molar refractivity (Wildman–Crippen MR) is 57.7 cm³/mol. The maximum Gasteiger partial charge on any atom is 0.122 e. The molecule has 1 aromatic carbocycles. The number of para-hydroxylation sites is 1. The number of nitrogens with zero attached hydrogens (tertiary/aromatic N) is 1. The van der Waals surface area contributed by atoms with Gasteiger partial charge >= 0.3 is 0 Å². The number of benzene rings is 1. The minimum atomic E-state index is 0.639. The molecule has 1 aromatic rings. The van der Waals surface area contributed by atoms with Gasteiger partial charge in [-0.2, -0.15) is 0 Å². The van der Waals surface area contributed by atoms with Crippen molar-refractivity contribution in [1.29, 1.82) is 0 Å². The Balaban J connectivity index is 2.06. The lowest BCUT2D eigenvalue weighted by Crippen LogP contribution is -2.30. The molecule has 14 heavy (non-hydrogen) atoms. The maximum atomic E-state index is 5.71. The standard InChI is InChI=1S/C12H17NO/c1-13(2)8-10-7-11-5-3-4-6-12(11)14-9-10/h3-6,10H,7-9H2,1-2H3/t10-/m1/s1. The Morgan fingerprint density at radius 3 is 2.93 bits per heavy atom. The first kappa shape index (κ1) is 9.53. The van der Waals surface area contributed by atoms with Crippen molar-refractivity contribution in [3.8, 4) is 5.75 Å². The van der Waals surface area contributed by atoms with Gasteiger partial charge in [0.05, 0.1) is 6.61 Å². The summed E-state index contributed by atoms with van der Waals surface area (Å²) >= 11 is 0. The van der Waals surface area contributed by atoms with Crippen LogP contribution in [0.15, 0.2) is 24.3 Å². The molecular weight excluding hydrogens is 174 g/mol. The summed E-state index contributed by atoms with van der Waals surface area (Å²) in [5, 5.41) is 0. The SMILES string of the molecule is CN(C)C[C@@H]1COc2ccccc2C1. The van der Waals surface area contributed by atoms with Gasteiger partial charge in [-0.05, 0) is 32.1 Å². The van der Waals surface area contributed by atoms with Crippen molar-refractivity contribution in [2.24, 2.45) is 5.92 Å². The first-order valence-electron chi connectivity index (χ1n) is 5.11. The topological polar surface area (TPSA) is 12.5 Å². The van der Waals surface area contributed by atoms with Crippen LogP contribution in [-0.2, 0) is 6.42 Å². The van der Waals surface area contributed by atoms with E-state index < -0.39 is 0 Å². The van der Waals surface area contributed by atoms with E-state index in [4.69, 9.17) is 4.74 Å². The summed E-state index contributed by atoms with van der Waals surface area (Å²) in [6.07, 6.45) is 1.15. The summed E-state index contributed by atoms with van der Waals surface area (Å²) in [5.41, 5.74) is 1.35. The van der Waals surface area contributed by atoms with Gasteiger partial charge in [0.15, 0.2) is 0 Å². The highest BCUT2D eigenvalue weighted by Gasteiger charge is 2.19. The zero-order chi connectivity index (χ0) is 9.97. The highest BCUT2D eigenvalue weighted by molar-refractivity contribution is 5.35. The van der Waals surface area contributed by atoms with E-state index in [0.29, 0.717) is 5.92 Å². The zero-order valence-corrected chi connectivity index (χ0v) is 8.86. The summed E-state index contributed by atoms with van der Waals surface area (Å²) in [4.78, 5) is 2.22. The fraction of sp³-hybridized carbons (Fsp3) is 0.500. The molecule has 0 spiro atoms. The van der Waals surface area contributed by atoms with Crippen LogP contribution in [0.4, 0.5) is 0 Å². The van der Waals surface area contributed by atoms with Crippen LogP contribution >= 0.6 is 0 Å².